The molecule has 5 rings (SSSR count). The summed E-state index contributed by atoms with van der Waals surface area (Å²) in [6, 6.07) is 27.8. The predicted molar refractivity (Wildman–Crippen MR) is 131 cm³/mol. The molecule has 0 aromatic heterocycles. The summed E-state index contributed by atoms with van der Waals surface area (Å²) in [7, 11) is 0. The number of ether oxygens (including phenoxy) is 1. The Labute approximate surface area is 201 Å². The molecule has 5 nitrogen and oxygen atoms in total. The standard InChI is InChI=1S/C29H30N2O3/c1-21-10-8-9-15-25(21)27-26-19-30(16-22-11-4-2-5-12-22)17-24(28(26)32)18-31(27)29(33)34-20-23-13-6-3-7-14-23/h2-15,24,26-27H,16-20H2,1H3. The van der Waals surface area contributed by atoms with Crippen molar-refractivity contribution in [3.05, 3.63) is 107 Å². The quantitative estimate of drug-likeness (QED) is 0.544. The number of carbonyl (C=O) groups is 2. The zero-order valence-corrected chi connectivity index (χ0v) is 19.5. The first kappa shape index (κ1) is 22.4. The number of hydrogen-bond acceptors (Lipinski definition) is 4. The van der Waals surface area contributed by atoms with Gasteiger partial charge in [-0.25, -0.2) is 4.79 Å². The fraction of sp³-hybridized carbons (Fsp3) is 0.310. The van der Waals surface area contributed by atoms with Gasteiger partial charge in [0, 0.05) is 32.1 Å². The summed E-state index contributed by atoms with van der Waals surface area (Å²) in [5.74, 6) is -0.210. The number of amides is 1. The Balaban J connectivity index is 1.41. The lowest BCUT2D eigenvalue weighted by molar-refractivity contribution is -0.141. The first-order chi connectivity index (χ1) is 16.6. The molecule has 2 aliphatic heterocycles. The number of nitrogens with zero attached hydrogens (tertiary/aromatic N) is 2. The number of aryl methyl sites for hydroxylation is 1. The summed E-state index contributed by atoms with van der Waals surface area (Å²) in [6.07, 6.45) is -0.351. The molecule has 34 heavy (non-hydrogen) atoms. The van der Waals surface area contributed by atoms with E-state index in [2.05, 4.69) is 17.0 Å². The van der Waals surface area contributed by atoms with Crippen LogP contribution in [0, 0.1) is 18.8 Å². The van der Waals surface area contributed by atoms with E-state index in [0.717, 1.165) is 23.2 Å². The van der Waals surface area contributed by atoms with Crippen molar-refractivity contribution >= 4 is 11.9 Å². The van der Waals surface area contributed by atoms with Gasteiger partial charge in [0.1, 0.15) is 12.4 Å². The molecule has 0 aliphatic carbocycles. The van der Waals surface area contributed by atoms with Gasteiger partial charge in [0.25, 0.3) is 0 Å². The van der Waals surface area contributed by atoms with Gasteiger partial charge >= 0.3 is 6.09 Å². The van der Waals surface area contributed by atoms with Gasteiger partial charge in [-0.3, -0.25) is 14.6 Å². The highest BCUT2D eigenvalue weighted by atomic mass is 16.6. The van der Waals surface area contributed by atoms with Crippen LogP contribution in [0.25, 0.3) is 0 Å². The third kappa shape index (κ3) is 4.62. The topological polar surface area (TPSA) is 49.9 Å². The maximum Gasteiger partial charge on any atom is 0.410 e. The maximum atomic E-state index is 13.4. The lowest BCUT2D eigenvalue weighted by atomic mass is 9.75. The fourth-order valence-electron chi connectivity index (χ4n) is 5.38. The number of piperidine rings is 2. The van der Waals surface area contributed by atoms with E-state index in [1.807, 2.05) is 84.6 Å². The molecule has 0 spiro atoms. The molecule has 2 fully saturated rings. The highest BCUT2D eigenvalue weighted by Gasteiger charge is 2.49. The van der Waals surface area contributed by atoms with Crippen molar-refractivity contribution in [3.8, 4) is 0 Å². The van der Waals surface area contributed by atoms with Crippen LogP contribution < -0.4 is 0 Å². The van der Waals surface area contributed by atoms with Crippen molar-refractivity contribution in [3.63, 3.8) is 0 Å². The number of carbonyl (C=O) groups excluding carboxylic acids is 2. The molecule has 3 unspecified atom stereocenters. The van der Waals surface area contributed by atoms with Gasteiger partial charge in [0.15, 0.2) is 0 Å². The minimum Gasteiger partial charge on any atom is -0.445 e. The number of Topliss-reactive ketones (excluding diaryl/α,β-unsaturated/α-hetero) is 1. The Bertz CT molecular complexity index is 1150. The predicted octanol–water partition coefficient (Wildman–Crippen LogP) is 5.01. The van der Waals surface area contributed by atoms with E-state index in [0.29, 0.717) is 19.6 Å². The number of likely N-dealkylation sites (tertiary alicyclic amines) is 2. The Morgan fingerprint density at radius 2 is 1.50 bits per heavy atom. The van der Waals surface area contributed by atoms with Crippen LogP contribution in [0.1, 0.15) is 28.3 Å². The summed E-state index contributed by atoms with van der Waals surface area (Å²) >= 11 is 0. The van der Waals surface area contributed by atoms with Gasteiger partial charge < -0.3 is 4.74 Å². The fourth-order valence-corrected chi connectivity index (χ4v) is 5.38. The van der Waals surface area contributed by atoms with Gasteiger partial charge in [-0.15, -0.1) is 0 Å². The third-order valence-corrected chi connectivity index (χ3v) is 7.03. The number of rotatable bonds is 5. The van der Waals surface area contributed by atoms with Crippen LogP contribution in [0.3, 0.4) is 0 Å². The molecule has 0 N–H and O–H groups in total. The average molecular weight is 455 g/mol. The van der Waals surface area contributed by atoms with Crippen molar-refractivity contribution in [2.75, 3.05) is 19.6 Å². The van der Waals surface area contributed by atoms with E-state index in [9.17, 15) is 9.59 Å². The SMILES string of the molecule is Cc1ccccc1C1C2CN(Cc3ccccc3)CC(CN1C(=O)OCc1ccccc1)C2=O. The van der Waals surface area contributed by atoms with E-state index in [4.69, 9.17) is 4.74 Å². The summed E-state index contributed by atoms with van der Waals surface area (Å²) in [5, 5.41) is 0. The minimum atomic E-state index is -0.351. The molecule has 1 amide bonds. The molecule has 2 heterocycles. The van der Waals surface area contributed by atoms with Crippen LogP contribution in [0.5, 0.6) is 0 Å². The Kier molecular flexibility index (Phi) is 6.45. The minimum absolute atomic E-state index is 0.202. The van der Waals surface area contributed by atoms with Gasteiger partial charge in [-0.1, -0.05) is 84.9 Å². The van der Waals surface area contributed by atoms with Crippen LogP contribution in [0.15, 0.2) is 84.9 Å². The smallest absolute Gasteiger partial charge is 0.410 e. The van der Waals surface area contributed by atoms with Gasteiger partial charge in [0.2, 0.25) is 0 Å². The van der Waals surface area contributed by atoms with Crippen molar-refractivity contribution in [2.45, 2.75) is 26.1 Å². The molecule has 3 atom stereocenters. The highest BCUT2D eigenvalue weighted by Crippen LogP contribution is 2.41. The van der Waals surface area contributed by atoms with Crippen LogP contribution >= 0.6 is 0 Å². The van der Waals surface area contributed by atoms with E-state index >= 15 is 0 Å². The van der Waals surface area contributed by atoms with Crippen molar-refractivity contribution in [2.24, 2.45) is 11.8 Å². The molecular formula is C29H30N2O3. The molecule has 2 bridgehead atoms. The zero-order valence-electron chi connectivity index (χ0n) is 19.5. The van der Waals surface area contributed by atoms with Crippen LogP contribution in [-0.4, -0.2) is 41.3 Å². The zero-order chi connectivity index (χ0) is 23.5. The third-order valence-electron chi connectivity index (χ3n) is 7.03. The van der Waals surface area contributed by atoms with Crippen LogP contribution in [0.4, 0.5) is 4.79 Å². The number of benzene rings is 3. The molecule has 2 aliphatic rings. The Morgan fingerprint density at radius 3 is 2.21 bits per heavy atom. The molecule has 5 heteroatoms. The summed E-state index contributed by atoms with van der Waals surface area (Å²) < 4.78 is 5.74. The second-order valence-corrected chi connectivity index (χ2v) is 9.38. The summed E-state index contributed by atoms with van der Waals surface area (Å²) in [6.45, 7) is 4.75. The molecule has 2 saturated heterocycles. The van der Waals surface area contributed by atoms with Crippen LogP contribution in [-0.2, 0) is 22.7 Å². The molecule has 0 saturated carbocycles. The molecule has 174 valence electrons. The first-order valence-electron chi connectivity index (χ1n) is 11.9. The molecule has 3 aromatic carbocycles. The van der Waals surface area contributed by atoms with Gasteiger partial charge in [0.05, 0.1) is 12.0 Å². The maximum absolute atomic E-state index is 13.4. The number of ketones is 1. The van der Waals surface area contributed by atoms with E-state index < -0.39 is 0 Å². The van der Waals surface area contributed by atoms with Crippen LogP contribution in [0.2, 0.25) is 0 Å². The number of fused-ring (bicyclic) bond motifs is 2. The van der Waals surface area contributed by atoms with E-state index in [1.54, 1.807) is 0 Å². The second-order valence-electron chi connectivity index (χ2n) is 9.38. The lowest BCUT2D eigenvalue weighted by Gasteiger charge is -2.49. The van der Waals surface area contributed by atoms with E-state index in [-0.39, 0.29) is 36.4 Å². The summed E-state index contributed by atoms with van der Waals surface area (Å²) in [5.41, 5.74) is 4.30. The second kappa shape index (κ2) is 9.82. The number of hydrogen-bond donors (Lipinski definition) is 0. The Morgan fingerprint density at radius 1 is 0.853 bits per heavy atom. The van der Waals surface area contributed by atoms with Crippen molar-refractivity contribution in [1.29, 1.82) is 0 Å². The molecular weight excluding hydrogens is 424 g/mol. The Hall–Kier alpha value is -3.44. The first-order valence-corrected chi connectivity index (χ1v) is 11.9. The lowest BCUT2D eigenvalue weighted by Crippen LogP contribution is -2.60. The van der Waals surface area contributed by atoms with Crippen molar-refractivity contribution in [1.82, 2.24) is 9.80 Å². The monoisotopic (exact) mass is 454 g/mol. The summed E-state index contributed by atoms with van der Waals surface area (Å²) in [4.78, 5) is 31.0. The normalized spacial score (nSPS) is 22.4. The highest BCUT2D eigenvalue weighted by molar-refractivity contribution is 5.88. The average Bonchev–Trinajstić information content (AvgIpc) is 2.85. The molecule has 3 aromatic rings. The van der Waals surface area contributed by atoms with Gasteiger partial charge in [-0.05, 0) is 29.2 Å². The van der Waals surface area contributed by atoms with Crippen molar-refractivity contribution < 1.29 is 14.3 Å². The molecule has 0 radical (unpaired) electrons. The van der Waals surface area contributed by atoms with Gasteiger partial charge in [-0.2, -0.15) is 0 Å². The largest absolute Gasteiger partial charge is 0.445 e. The van der Waals surface area contributed by atoms with E-state index in [1.165, 1.54) is 5.56 Å².